The maximum Gasteiger partial charge on any atom is 0.266 e. The van der Waals surface area contributed by atoms with Crippen LogP contribution in [0.15, 0.2) is 39.9 Å². The molecule has 1 aromatic carbocycles. The Labute approximate surface area is 185 Å². The highest BCUT2D eigenvalue weighted by Crippen LogP contribution is 2.24. The molecule has 3 heterocycles. The quantitative estimate of drug-likeness (QED) is 0.633. The van der Waals surface area contributed by atoms with Gasteiger partial charge in [0.25, 0.3) is 11.3 Å². The van der Waals surface area contributed by atoms with E-state index in [2.05, 4.69) is 15.5 Å². The summed E-state index contributed by atoms with van der Waals surface area (Å²) in [6.45, 7) is 5.28. The molecule has 3 aromatic rings. The molecule has 2 amide bonds. The first kappa shape index (κ1) is 21.7. The van der Waals surface area contributed by atoms with Gasteiger partial charge in [-0.15, -0.1) is 0 Å². The molecule has 1 fully saturated rings. The second kappa shape index (κ2) is 9.33. The summed E-state index contributed by atoms with van der Waals surface area (Å²) in [7, 11) is 0. The number of fused-ring (bicyclic) bond motifs is 1. The molecular weight excluding hydrogens is 410 g/mol. The van der Waals surface area contributed by atoms with Crippen LogP contribution < -0.4 is 10.9 Å². The van der Waals surface area contributed by atoms with E-state index in [1.165, 1.54) is 10.9 Å². The lowest BCUT2D eigenvalue weighted by Gasteiger charge is -2.29. The number of carbonyl (C=O) groups is 2. The summed E-state index contributed by atoms with van der Waals surface area (Å²) in [5, 5.41) is 7.05. The Morgan fingerprint density at radius 2 is 1.88 bits per heavy atom. The van der Waals surface area contributed by atoms with Gasteiger partial charge < -0.3 is 14.7 Å². The van der Waals surface area contributed by atoms with Crippen LogP contribution in [0.25, 0.3) is 22.4 Å². The van der Waals surface area contributed by atoms with E-state index in [0.717, 1.165) is 43.5 Å². The van der Waals surface area contributed by atoms with Crippen molar-refractivity contribution in [3.63, 3.8) is 0 Å². The molecule has 0 spiro atoms. The largest absolute Gasteiger partial charge is 0.345 e. The fourth-order valence-electron chi connectivity index (χ4n) is 3.93. The van der Waals surface area contributed by atoms with E-state index in [4.69, 9.17) is 4.52 Å². The first-order chi connectivity index (χ1) is 15.4. The van der Waals surface area contributed by atoms with E-state index in [-0.39, 0.29) is 41.4 Å². The monoisotopic (exact) mass is 437 g/mol. The minimum Gasteiger partial charge on any atom is -0.345 e. The summed E-state index contributed by atoms with van der Waals surface area (Å²) < 4.78 is 6.60. The molecule has 1 atom stereocenters. The van der Waals surface area contributed by atoms with Gasteiger partial charge in [-0.1, -0.05) is 35.0 Å². The van der Waals surface area contributed by atoms with Crippen LogP contribution in [0.3, 0.4) is 0 Å². The average molecular weight is 438 g/mol. The molecule has 0 saturated carbocycles. The highest BCUT2D eigenvalue weighted by Gasteiger charge is 2.23. The van der Waals surface area contributed by atoms with E-state index >= 15 is 0 Å². The molecule has 4 rings (SSSR count). The predicted molar refractivity (Wildman–Crippen MR) is 119 cm³/mol. The fraction of sp³-hybridized carbons (Fsp3) is 0.435. The number of rotatable bonds is 6. The van der Waals surface area contributed by atoms with Crippen molar-refractivity contribution < 1.29 is 14.1 Å². The van der Waals surface area contributed by atoms with Crippen LogP contribution in [0, 0.1) is 6.92 Å². The molecule has 9 nitrogen and oxygen atoms in total. The van der Waals surface area contributed by atoms with Gasteiger partial charge in [0, 0.05) is 31.6 Å². The van der Waals surface area contributed by atoms with Crippen LogP contribution in [-0.2, 0) is 16.1 Å². The zero-order valence-corrected chi connectivity index (χ0v) is 18.3. The van der Waals surface area contributed by atoms with Crippen LogP contribution in [0.1, 0.15) is 38.2 Å². The summed E-state index contributed by atoms with van der Waals surface area (Å²) in [5.41, 5.74) is 2.12. The number of nitrogens with zero attached hydrogens (tertiary/aromatic N) is 4. The third kappa shape index (κ3) is 4.56. The van der Waals surface area contributed by atoms with E-state index in [1.54, 1.807) is 11.8 Å². The van der Waals surface area contributed by atoms with Gasteiger partial charge in [0.1, 0.15) is 23.4 Å². The molecule has 32 heavy (non-hydrogen) atoms. The van der Waals surface area contributed by atoms with E-state index in [0.29, 0.717) is 5.69 Å². The van der Waals surface area contributed by atoms with Gasteiger partial charge in [0.05, 0.1) is 0 Å². The van der Waals surface area contributed by atoms with Crippen LogP contribution in [-0.4, -0.2) is 50.6 Å². The fourth-order valence-corrected chi connectivity index (χ4v) is 3.93. The Balaban J connectivity index is 1.44. The SMILES string of the molecule is Cc1ccc(-c2noc3ncn(CCC(=O)N[C@H](C)C(=O)N4CCCCC4)c(=O)c23)cc1. The van der Waals surface area contributed by atoms with Crippen LogP contribution in [0.5, 0.6) is 0 Å². The normalized spacial score (nSPS) is 15.0. The number of amides is 2. The third-order valence-electron chi connectivity index (χ3n) is 5.78. The molecule has 2 aromatic heterocycles. The number of aromatic nitrogens is 3. The van der Waals surface area contributed by atoms with Gasteiger partial charge in [0.15, 0.2) is 0 Å². The topological polar surface area (TPSA) is 110 Å². The Kier molecular flexibility index (Phi) is 6.34. The lowest BCUT2D eigenvalue weighted by molar-refractivity contribution is -0.136. The van der Waals surface area contributed by atoms with Crippen molar-refractivity contribution in [1.82, 2.24) is 24.9 Å². The molecule has 1 saturated heterocycles. The minimum absolute atomic E-state index is 0.0514. The molecule has 0 radical (unpaired) electrons. The lowest BCUT2D eigenvalue weighted by Crippen LogP contribution is -2.48. The Morgan fingerprint density at radius 1 is 1.16 bits per heavy atom. The van der Waals surface area contributed by atoms with Crippen molar-refractivity contribution in [3.8, 4) is 11.3 Å². The van der Waals surface area contributed by atoms with Gasteiger partial charge in [-0.25, -0.2) is 4.98 Å². The van der Waals surface area contributed by atoms with Crippen molar-refractivity contribution in [3.05, 3.63) is 46.5 Å². The summed E-state index contributed by atoms with van der Waals surface area (Å²) in [6.07, 6.45) is 4.53. The molecule has 1 aliphatic heterocycles. The molecular formula is C23H27N5O4. The highest BCUT2D eigenvalue weighted by molar-refractivity contribution is 5.89. The lowest BCUT2D eigenvalue weighted by atomic mass is 10.1. The van der Waals surface area contributed by atoms with Gasteiger partial charge in [-0.3, -0.25) is 19.0 Å². The number of hydrogen-bond acceptors (Lipinski definition) is 6. The summed E-state index contributed by atoms with van der Waals surface area (Å²) in [4.78, 5) is 43.9. The van der Waals surface area contributed by atoms with Gasteiger partial charge in [0.2, 0.25) is 11.8 Å². The average Bonchev–Trinajstić information content (AvgIpc) is 3.24. The molecule has 0 aliphatic carbocycles. The molecule has 9 heteroatoms. The van der Waals surface area contributed by atoms with Crippen molar-refractivity contribution in [1.29, 1.82) is 0 Å². The summed E-state index contributed by atoms with van der Waals surface area (Å²) >= 11 is 0. The second-order valence-corrected chi connectivity index (χ2v) is 8.25. The standard InChI is InChI=1S/C23H27N5O4/c1-15-6-8-17(9-7-15)20-19-21(32-26-20)24-14-28(23(19)31)13-10-18(29)25-16(2)22(30)27-11-4-3-5-12-27/h6-9,14,16H,3-5,10-13H2,1-2H3,(H,25,29)/t16-/m1/s1. The smallest absolute Gasteiger partial charge is 0.266 e. The summed E-state index contributed by atoms with van der Waals surface area (Å²) in [5.74, 6) is -0.357. The Hall–Kier alpha value is -3.49. The van der Waals surface area contributed by atoms with E-state index in [1.807, 2.05) is 31.2 Å². The van der Waals surface area contributed by atoms with E-state index < -0.39 is 6.04 Å². The van der Waals surface area contributed by atoms with Crippen LogP contribution in [0.2, 0.25) is 0 Å². The highest BCUT2D eigenvalue weighted by atomic mass is 16.5. The predicted octanol–water partition coefficient (Wildman–Crippen LogP) is 2.27. The van der Waals surface area contributed by atoms with Crippen molar-refractivity contribution in [2.24, 2.45) is 0 Å². The molecule has 0 unspecified atom stereocenters. The maximum atomic E-state index is 13.0. The molecule has 1 aliphatic rings. The maximum absolute atomic E-state index is 13.0. The van der Waals surface area contributed by atoms with Crippen molar-refractivity contribution in [2.45, 2.75) is 52.1 Å². The van der Waals surface area contributed by atoms with Crippen molar-refractivity contribution in [2.75, 3.05) is 13.1 Å². The number of nitrogens with one attached hydrogen (secondary N) is 1. The first-order valence-electron chi connectivity index (χ1n) is 10.9. The molecule has 168 valence electrons. The van der Waals surface area contributed by atoms with Gasteiger partial charge in [-0.05, 0) is 33.1 Å². The number of benzene rings is 1. The van der Waals surface area contributed by atoms with E-state index in [9.17, 15) is 14.4 Å². The Bertz CT molecular complexity index is 1180. The van der Waals surface area contributed by atoms with Gasteiger partial charge in [-0.2, -0.15) is 0 Å². The zero-order chi connectivity index (χ0) is 22.7. The molecule has 1 N–H and O–H groups in total. The van der Waals surface area contributed by atoms with Gasteiger partial charge >= 0.3 is 0 Å². The number of aryl methyl sites for hydroxylation is 2. The van der Waals surface area contributed by atoms with Crippen molar-refractivity contribution >= 4 is 22.9 Å². The minimum atomic E-state index is -0.593. The number of hydrogen-bond donors (Lipinski definition) is 1. The second-order valence-electron chi connectivity index (χ2n) is 8.25. The zero-order valence-electron chi connectivity index (χ0n) is 18.3. The first-order valence-corrected chi connectivity index (χ1v) is 10.9. The summed E-state index contributed by atoms with van der Waals surface area (Å²) in [6, 6.07) is 7.02. The van der Waals surface area contributed by atoms with Crippen LogP contribution in [0.4, 0.5) is 0 Å². The Morgan fingerprint density at radius 3 is 2.59 bits per heavy atom. The number of piperidine rings is 1. The number of carbonyl (C=O) groups excluding carboxylic acids is 2. The third-order valence-corrected chi connectivity index (χ3v) is 5.78. The molecule has 0 bridgehead atoms. The van der Waals surface area contributed by atoms with Crippen LogP contribution >= 0.6 is 0 Å². The number of likely N-dealkylation sites (tertiary alicyclic amines) is 1.